The number of nitrogens with zero attached hydrogens (tertiary/aromatic N) is 2. The Balaban J connectivity index is 2.26. The summed E-state index contributed by atoms with van der Waals surface area (Å²) < 4.78 is 0. The van der Waals surface area contributed by atoms with E-state index in [1.807, 2.05) is 0 Å². The summed E-state index contributed by atoms with van der Waals surface area (Å²) in [4.78, 5) is 28.7. The van der Waals surface area contributed by atoms with Crippen molar-refractivity contribution in [3.8, 4) is 5.75 Å². The average Bonchev–Trinajstić information content (AvgIpc) is 2.63. The summed E-state index contributed by atoms with van der Waals surface area (Å²) >= 11 is 0. The van der Waals surface area contributed by atoms with Gasteiger partial charge in [0.2, 0.25) is 0 Å². The van der Waals surface area contributed by atoms with Crippen LogP contribution in [0.1, 0.15) is 36.0 Å². The fraction of sp³-hybridized carbons (Fsp3) is 0.462. The molecule has 2 heterocycles. The number of amides is 1. The van der Waals surface area contributed by atoms with Gasteiger partial charge in [0.15, 0.2) is 0 Å². The van der Waals surface area contributed by atoms with Gasteiger partial charge in [-0.2, -0.15) is 0 Å². The minimum atomic E-state index is -0.983. The lowest BCUT2D eigenvalue weighted by molar-refractivity contribution is -0.142. The molecule has 1 atom stereocenters. The Hall–Kier alpha value is -2.11. The number of carbonyl (C=O) groups excluding carboxylic acids is 1. The lowest BCUT2D eigenvalue weighted by Crippen LogP contribution is -2.44. The Morgan fingerprint density at radius 3 is 2.74 bits per heavy atom. The Bertz CT molecular complexity index is 489. The van der Waals surface area contributed by atoms with E-state index >= 15 is 0 Å². The minimum absolute atomic E-state index is 0.104. The molecule has 0 radical (unpaired) electrons. The third kappa shape index (κ3) is 3.01. The number of likely N-dealkylation sites (tertiary alicyclic amines) is 1. The first kappa shape index (κ1) is 13.3. The second kappa shape index (κ2) is 5.69. The number of aromatic nitrogens is 1. The van der Waals surface area contributed by atoms with Crippen molar-refractivity contribution in [2.45, 2.75) is 31.7 Å². The molecule has 1 amide bonds. The largest absolute Gasteiger partial charge is 0.506 e. The summed E-state index contributed by atoms with van der Waals surface area (Å²) in [7, 11) is 0. The molecule has 1 aromatic rings. The summed E-state index contributed by atoms with van der Waals surface area (Å²) in [6, 6.07) is 0.511. The van der Waals surface area contributed by atoms with Crippen molar-refractivity contribution in [3.05, 3.63) is 24.0 Å². The number of aromatic hydroxyl groups is 1. The van der Waals surface area contributed by atoms with Crippen LogP contribution in [-0.4, -0.2) is 44.6 Å². The van der Waals surface area contributed by atoms with E-state index in [1.165, 1.54) is 23.4 Å². The molecule has 0 aliphatic carbocycles. The summed E-state index contributed by atoms with van der Waals surface area (Å²) in [5.41, 5.74) is 0.216. The second-order valence-corrected chi connectivity index (χ2v) is 4.63. The zero-order valence-corrected chi connectivity index (χ0v) is 10.5. The quantitative estimate of drug-likeness (QED) is 0.839. The smallest absolute Gasteiger partial charge is 0.326 e. The van der Waals surface area contributed by atoms with Gasteiger partial charge in [0.05, 0.1) is 11.8 Å². The molecule has 0 aromatic carbocycles. The fourth-order valence-electron chi connectivity index (χ4n) is 2.32. The highest BCUT2D eigenvalue weighted by molar-refractivity contribution is 5.96. The van der Waals surface area contributed by atoms with Gasteiger partial charge in [-0.25, -0.2) is 4.79 Å². The van der Waals surface area contributed by atoms with Crippen LogP contribution in [0.3, 0.4) is 0 Å². The van der Waals surface area contributed by atoms with Crippen LogP contribution in [0.4, 0.5) is 0 Å². The molecule has 0 spiro atoms. The highest BCUT2D eigenvalue weighted by Gasteiger charge is 2.31. The molecule has 1 fully saturated rings. The Morgan fingerprint density at radius 2 is 2.05 bits per heavy atom. The van der Waals surface area contributed by atoms with E-state index < -0.39 is 17.9 Å². The number of rotatable bonds is 2. The monoisotopic (exact) mass is 264 g/mol. The highest BCUT2D eigenvalue weighted by atomic mass is 16.4. The van der Waals surface area contributed by atoms with Crippen molar-refractivity contribution < 1.29 is 19.8 Å². The van der Waals surface area contributed by atoms with Gasteiger partial charge >= 0.3 is 5.97 Å². The van der Waals surface area contributed by atoms with Crippen LogP contribution < -0.4 is 0 Å². The summed E-state index contributed by atoms with van der Waals surface area (Å²) in [5, 5.41) is 18.6. The predicted molar refractivity (Wildman–Crippen MR) is 66.8 cm³/mol. The zero-order chi connectivity index (χ0) is 13.8. The van der Waals surface area contributed by atoms with Crippen molar-refractivity contribution in [1.82, 2.24) is 9.88 Å². The molecule has 6 nitrogen and oxygen atoms in total. The Kier molecular flexibility index (Phi) is 3.99. The number of carboxylic acid groups (broad SMARTS) is 1. The maximum Gasteiger partial charge on any atom is 0.326 e. The SMILES string of the molecule is O=C(O)C1CCCCCN1C(=O)c1cncc(O)c1. The zero-order valence-electron chi connectivity index (χ0n) is 10.5. The van der Waals surface area contributed by atoms with Crippen LogP contribution in [0, 0.1) is 0 Å². The van der Waals surface area contributed by atoms with E-state index in [0.29, 0.717) is 13.0 Å². The molecule has 6 heteroatoms. The van der Waals surface area contributed by atoms with Crippen molar-refractivity contribution in [2.24, 2.45) is 0 Å². The number of carbonyl (C=O) groups is 2. The summed E-state index contributed by atoms with van der Waals surface area (Å²) in [6.45, 7) is 0.422. The lowest BCUT2D eigenvalue weighted by atomic mass is 10.1. The third-order valence-corrected chi connectivity index (χ3v) is 3.27. The number of carboxylic acids is 1. The number of hydrogen-bond acceptors (Lipinski definition) is 4. The fourth-order valence-corrected chi connectivity index (χ4v) is 2.32. The standard InChI is InChI=1S/C13H16N2O4/c16-10-6-9(7-14-8-10)12(17)15-5-3-1-2-4-11(15)13(18)19/h6-8,11,16H,1-5H2,(H,18,19). The topological polar surface area (TPSA) is 90.7 Å². The van der Waals surface area contributed by atoms with Crippen LogP contribution in [-0.2, 0) is 4.79 Å². The van der Waals surface area contributed by atoms with Gasteiger partial charge in [-0.1, -0.05) is 12.8 Å². The van der Waals surface area contributed by atoms with E-state index in [2.05, 4.69) is 4.98 Å². The molecule has 1 aliphatic heterocycles. The van der Waals surface area contributed by atoms with Crippen molar-refractivity contribution in [2.75, 3.05) is 6.54 Å². The van der Waals surface area contributed by atoms with E-state index in [4.69, 9.17) is 0 Å². The van der Waals surface area contributed by atoms with Crippen LogP contribution in [0.2, 0.25) is 0 Å². The Morgan fingerprint density at radius 1 is 1.26 bits per heavy atom. The first-order valence-electron chi connectivity index (χ1n) is 6.27. The second-order valence-electron chi connectivity index (χ2n) is 4.63. The van der Waals surface area contributed by atoms with E-state index in [0.717, 1.165) is 19.3 Å². The highest BCUT2D eigenvalue weighted by Crippen LogP contribution is 2.20. The van der Waals surface area contributed by atoms with Gasteiger partial charge in [-0.3, -0.25) is 9.78 Å². The van der Waals surface area contributed by atoms with Gasteiger partial charge in [0, 0.05) is 12.7 Å². The van der Waals surface area contributed by atoms with E-state index in [9.17, 15) is 19.8 Å². The third-order valence-electron chi connectivity index (χ3n) is 3.27. The number of aliphatic carboxylic acids is 1. The molecule has 2 N–H and O–H groups in total. The predicted octanol–water partition coefficient (Wildman–Crippen LogP) is 1.26. The molecule has 0 saturated carbocycles. The van der Waals surface area contributed by atoms with Crippen LogP contribution in [0.5, 0.6) is 5.75 Å². The molecule has 19 heavy (non-hydrogen) atoms. The average molecular weight is 264 g/mol. The van der Waals surface area contributed by atoms with Gasteiger partial charge in [0.1, 0.15) is 11.8 Å². The van der Waals surface area contributed by atoms with Crippen LogP contribution >= 0.6 is 0 Å². The van der Waals surface area contributed by atoms with Gasteiger partial charge in [-0.05, 0) is 18.9 Å². The van der Waals surface area contributed by atoms with Gasteiger partial charge in [0.25, 0.3) is 5.91 Å². The molecule has 0 bridgehead atoms. The number of pyridine rings is 1. The molecule has 1 aliphatic rings. The minimum Gasteiger partial charge on any atom is -0.506 e. The maximum atomic E-state index is 12.3. The van der Waals surface area contributed by atoms with Crippen LogP contribution in [0.25, 0.3) is 0 Å². The summed E-state index contributed by atoms with van der Waals surface area (Å²) in [6.07, 6.45) is 5.56. The molecular formula is C13H16N2O4. The van der Waals surface area contributed by atoms with Crippen molar-refractivity contribution in [3.63, 3.8) is 0 Å². The van der Waals surface area contributed by atoms with E-state index in [-0.39, 0.29) is 11.3 Å². The van der Waals surface area contributed by atoms with Gasteiger partial charge in [-0.15, -0.1) is 0 Å². The van der Waals surface area contributed by atoms with Gasteiger partial charge < -0.3 is 15.1 Å². The molecule has 102 valence electrons. The molecule has 1 saturated heterocycles. The normalized spacial score (nSPS) is 19.8. The van der Waals surface area contributed by atoms with Crippen molar-refractivity contribution >= 4 is 11.9 Å². The maximum absolute atomic E-state index is 12.3. The lowest BCUT2D eigenvalue weighted by Gasteiger charge is -2.26. The first-order valence-corrected chi connectivity index (χ1v) is 6.27. The molecule has 1 aromatic heterocycles. The number of hydrogen-bond donors (Lipinski definition) is 2. The molecule has 2 rings (SSSR count). The molecular weight excluding hydrogens is 248 g/mol. The molecule has 1 unspecified atom stereocenters. The van der Waals surface area contributed by atoms with Crippen molar-refractivity contribution in [1.29, 1.82) is 0 Å². The Labute approximate surface area is 110 Å². The first-order chi connectivity index (χ1) is 9.09. The van der Waals surface area contributed by atoms with Crippen LogP contribution in [0.15, 0.2) is 18.5 Å². The van der Waals surface area contributed by atoms with E-state index in [1.54, 1.807) is 0 Å². The summed E-state index contributed by atoms with van der Waals surface area (Å²) in [5.74, 6) is -1.48.